The van der Waals surface area contributed by atoms with E-state index in [9.17, 15) is 20.4 Å². The Balaban J connectivity index is 3.14. The van der Waals surface area contributed by atoms with Gasteiger partial charge in [0.1, 0.15) is 23.4 Å². The molecule has 1 rings (SSSR count). The van der Waals surface area contributed by atoms with E-state index in [1.54, 1.807) is 0 Å². The van der Waals surface area contributed by atoms with Crippen LogP contribution in [0.15, 0.2) is 0 Å². The Morgan fingerprint density at radius 2 is 1.60 bits per heavy atom. The van der Waals surface area contributed by atoms with E-state index in [0.29, 0.717) is 0 Å². The third kappa shape index (κ3) is 1.57. The van der Waals surface area contributed by atoms with Gasteiger partial charge in [-0.25, -0.2) is 0 Å². The number of ether oxygens (including phenoxy) is 1. The van der Waals surface area contributed by atoms with Crippen molar-refractivity contribution in [1.82, 2.24) is 0 Å². The van der Waals surface area contributed by atoms with Crippen molar-refractivity contribution in [2.75, 3.05) is 6.61 Å². The number of rotatable bonds is 1. The number of aliphatic hydroxyl groups excluding tert-OH is 2. The van der Waals surface area contributed by atoms with Gasteiger partial charge >= 0.3 is 0 Å². The van der Waals surface area contributed by atoms with Crippen molar-refractivity contribution in [3.63, 3.8) is 0 Å². The summed E-state index contributed by atoms with van der Waals surface area (Å²) < 4.78 is 4.93. The maximum atomic E-state index is 9.96. The predicted octanol–water partition coefficient (Wildman–Crippen LogP) is -2.05. The van der Waals surface area contributed by atoms with E-state index in [4.69, 9.17) is 9.84 Å². The lowest BCUT2D eigenvalue weighted by Crippen LogP contribution is -2.76. The highest BCUT2D eigenvalue weighted by Crippen LogP contribution is 2.42. The summed E-state index contributed by atoms with van der Waals surface area (Å²) in [6.07, 6.45) is -2.63. The minimum absolute atomic E-state index is 0.566. The van der Waals surface area contributed by atoms with Crippen molar-refractivity contribution in [3.8, 4) is 0 Å². The van der Waals surface area contributed by atoms with Crippen LogP contribution in [0.5, 0.6) is 0 Å². The maximum absolute atomic E-state index is 9.96. The van der Waals surface area contributed by atoms with Crippen LogP contribution < -0.4 is 0 Å². The van der Waals surface area contributed by atoms with Gasteiger partial charge in [0.15, 0.2) is 5.79 Å². The number of aliphatic hydroxyl groups is 5. The zero-order chi connectivity index (χ0) is 12.1. The fraction of sp³-hybridized carbons (Fsp3) is 1.00. The second kappa shape index (κ2) is 3.38. The summed E-state index contributed by atoms with van der Waals surface area (Å²) in [6.45, 7) is 2.93. The van der Waals surface area contributed by atoms with E-state index >= 15 is 0 Å². The molecule has 0 saturated carbocycles. The van der Waals surface area contributed by atoms with Gasteiger partial charge in [0.05, 0.1) is 6.61 Å². The van der Waals surface area contributed by atoms with Gasteiger partial charge in [-0.1, -0.05) is 0 Å². The van der Waals surface area contributed by atoms with Crippen LogP contribution in [-0.2, 0) is 4.74 Å². The lowest BCUT2D eigenvalue weighted by molar-refractivity contribution is -0.401. The average Bonchev–Trinajstić information content (AvgIpc) is 2.10. The lowest BCUT2D eigenvalue weighted by Gasteiger charge is -2.55. The summed E-state index contributed by atoms with van der Waals surface area (Å²) in [6, 6.07) is 0. The van der Waals surface area contributed by atoms with E-state index in [1.807, 2.05) is 0 Å². The molecule has 0 aromatic carbocycles. The van der Waals surface area contributed by atoms with Gasteiger partial charge in [-0.15, -0.1) is 0 Å². The molecule has 1 saturated heterocycles. The van der Waals surface area contributed by atoms with Gasteiger partial charge in [0, 0.05) is 0 Å². The maximum Gasteiger partial charge on any atom is 0.195 e. The first-order valence-corrected chi connectivity index (χ1v) is 4.72. The largest absolute Gasteiger partial charge is 0.394 e. The summed E-state index contributed by atoms with van der Waals surface area (Å²) in [5.74, 6) is -2.05. The summed E-state index contributed by atoms with van der Waals surface area (Å²) in [5.41, 5.74) is -4.03. The first-order chi connectivity index (χ1) is 6.58. The van der Waals surface area contributed by atoms with Gasteiger partial charge in [-0.05, 0) is 20.8 Å². The fourth-order valence-electron chi connectivity index (χ4n) is 1.73. The molecular weight excluding hydrogens is 204 g/mol. The molecule has 0 radical (unpaired) electrons. The zero-order valence-corrected chi connectivity index (χ0v) is 9.01. The van der Waals surface area contributed by atoms with Crippen molar-refractivity contribution < 1.29 is 30.3 Å². The Kier molecular flexibility index (Phi) is 2.89. The van der Waals surface area contributed by atoms with Crippen LogP contribution in [0.2, 0.25) is 0 Å². The second-order valence-electron chi connectivity index (χ2n) is 4.49. The minimum Gasteiger partial charge on any atom is -0.394 e. The smallest absolute Gasteiger partial charge is 0.195 e. The summed E-state index contributed by atoms with van der Waals surface area (Å²) >= 11 is 0. The molecule has 1 unspecified atom stereocenters. The van der Waals surface area contributed by atoms with Crippen LogP contribution in [0.4, 0.5) is 0 Å². The van der Waals surface area contributed by atoms with Crippen molar-refractivity contribution in [1.29, 1.82) is 0 Å². The molecule has 5 N–H and O–H groups in total. The molecule has 6 heteroatoms. The van der Waals surface area contributed by atoms with Crippen LogP contribution in [0, 0.1) is 0 Å². The third-order valence-corrected chi connectivity index (χ3v) is 3.38. The van der Waals surface area contributed by atoms with E-state index in [2.05, 4.69) is 0 Å². The van der Waals surface area contributed by atoms with Crippen molar-refractivity contribution in [2.24, 2.45) is 0 Å². The molecule has 1 aliphatic heterocycles. The molecule has 5 atom stereocenters. The molecule has 0 spiro atoms. The molecule has 6 nitrogen and oxygen atoms in total. The highest BCUT2D eigenvalue weighted by molar-refractivity contribution is 5.10. The first kappa shape index (κ1) is 12.8. The molecule has 1 heterocycles. The topological polar surface area (TPSA) is 110 Å². The SMILES string of the molecule is CC1(O)O[C@H](CO)[C@@H](O)[C@](C)(O)[C@@]1(C)O. The number of hydrogen-bond donors (Lipinski definition) is 5. The summed E-state index contributed by atoms with van der Waals surface area (Å²) in [4.78, 5) is 0. The van der Waals surface area contributed by atoms with E-state index in [1.165, 1.54) is 6.92 Å². The lowest BCUT2D eigenvalue weighted by atomic mass is 9.72. The molecule has 1 fully saturated rings. The second-order valence-corrected chi connectivity index (χ2v) is 4.49. The summed E-state index contributed by atoms with van der Waals surface area (Å²) in [5, 5.41) is 48.3. The Bertz CT molecular complexity index is 247. The highest BCUT2D eigenvalue weighted by Gasteiger charge is 2.64. The minimum atomic E-state index is -2.05. The van der Waals surface area contributed by atoms with Crippen LogP contribution in [0.3, 0.4) is 0 Å². The van der Waals surface area contributed by atoms with Crippen LogP contribution in [0.25, 0.3) is 0 Å². The van der Waals surface area contributed by atoms with Crippen molar-refractivity contribution in [2.45, 2.75) is 50.0 Å². The zero-order valence-electron chi connectivity index (χ0n) is 9.01. The Labute approximate surface area is 87.7 Å². The molecule has 0 amide bonds. The monoisotopic (exact) mass is 222 g/mol. The summed E-state index contributed by atoms with van der Waals surface area (Å²) in [7, 11) is 0. The van der Waals surface area contributed by atoms with E-state index in [-0.39, 0.29) is 0 Å². The molecular formula is C9H18O6. The van der Waals surface area contributed by atoms with Gasteiger partial charge in [0.25, 0.3) is 0 Å². The number of hydrogen-bond acceptors (Lipinski definition) is 6. The molecule has 0 aromatic heterocycles. The average molecular weight is 222 g/mol. The fourth-order valence-corrected chi connectivity index (χ4v) is 1.73. The van der Waals surface area contributed by atoms with Crippen molar-refractivity contribution in [3.05, 3.63) is 0 Å². The standard InChI is InChI=1S/C9H18O6/c1-7(12)6(11)5(4-10)15-9(3,14)8(7,2)13/h5-6,10-14H,4H2,1-3H3/t5-,6-,7+,8-,9?/m1/s1. The third-order valence-electron chi connectivity index (χ3n) is 3.38. The molecule has 0 aliphatic carbocycles. The Morgan fingerprint density at radius 1 is 1.13 bits per heavy atom. The van der Waals surface area contributed by atoms with Gasteiger partial charge in [-0.3, -0.25) is 0 Å². The van der Waals surface area contributed by atoms with Crippen LogP contribution in [0.1, 0.15) is 20.8 Å². The molecule has 0 aromatic rings. The normalized spacial score (nSPS) is 56.8. The molecule has 0 bridgehead atoms. The van der Waals surface area contributed by atoms with Gasteiger partial charge in [-0.2, -0.15) is 0 Å². The van der Waals surface area contributed by atoms with Crippen molar-refractivity contribution >= 4 is 0 Å². The molecule has 90 valence electrons. The first-order valence-electron chi connectivity index (χ1n) is 4.72. The molecule has 1 aliphatic rings. The molecule has 15 heavy (non-hydrogen) atoms. The predicted molar refractivity (Wildman–Crippen MR) is 49.8 cm³/mol. The van der Waals surface area contributed by atoms with Crippen LogP contribution in [-0.4, -0.2) is 61.3 Å². The Hall–Kier alpha value is -0.240. The van der Waals surface area contributed by atoms with Crippen LogP contribution >= 0.6 is 0 Å². The quantitative estimate of drug-likeness (QED) is 0.349. The highest BCUT2D eigenvalue weighted by atomic mass is 16.7. The van der Waals surface area contributed by atoms with E-state index in [0.717, 1.165) is 13.8 Å². The Morgan fingerprint density at radius 3 is 2.00 bits per heavy atom. The van der Waals surface area contributed by atoms with E-state index < -0.39 is 35.8 Å². The van der Waals surface area contributed by atoms with Gasteiger partial charge in [0.2, 0.25) is 0 Å². The van der Waals surface area contributed by atoms with Gasteiger partial charge < -0.3 is 30.3 Å².